The Morgan fingerprint density at radius 1 is 0.875 bits per heavy atom. The standard InChI is InChI=1S/C25H22ClNO5/c1-31-20-12-6-17(7-13-20)14-15-27-23(28)16-32-25(30)22-5-3-2-4-21(22)24(29)18-8-10-19(26)11-9-18/h2-13H,14-16H2,1H3,(H,27,28). The van der Waals surface area contributed by atoms with Crippen molar-refractivity contribution in [1.29, 1.82) is 0 Å². The molecule has 0 aliphatic rings. The van der Waals surface area contributed by atoms with E-state index in [1.54, 1.807) is 49.6 Å². The number of nitrogens with one attached hydrogen (secondary N) is 1. The Labute approximate surface area is 191 Å². The molecule has 1 N–H and O–H groups in total. The van der Waals surface area contributed by atoms with Crippen LogP contribution in [0.3, 0.4) is 0 Å². The van der Waals surface area contributed by atoms with Crippen LogP contribution in [0.2, 0.25) is 5.02 Å². The number of halogens is 1. The van der Waals surface area contributed by atoms with Gasteiger partial charge in [0.1, 0.15) is 5.75 Å². The van der Waals surface area contributed by atoms with Gasteiger partial charge in [-0.1, -0.05) is 41.9 Å². The lowest BCUT2D eigenvalue weighted by Crippen LogP contribution is -2.30. The lowest BCUT2D eigenvalue weighted by atomic mass is 9.98. The average molecular weight is 452 g/mol. The number of carbonyl (C=O) groups is 3. The number of methoxy groups -OCH3 is 1. The maximum Gasteiger partial charge on any atom is 0.339 e. The molecule has 164 valence electrons. The molecular formula is C25H22ClNO5. The summed E-state index contributed by atoms with van der Waals surface area (Å²) in [4.78, 5) is 37.4. The third-order valence-electron chi connectivity index (χ3n) is 4.73. The van der Waals surface area contributed by atoms with Gasteiger partial charge in [0.15, 0.2) is 12.4 Å². The monoisotopic (exact) mass is 451 g/mol. The normalized spacial score (nSPS) is 10.3. The first-order valence-electron chi connectivity index (χ1n) is 9.94. The Hall–Kier alpha value is -3.64. The Balaban J connectivity index is 1.53. The van der Waals surface area contributed by atoms with Crippen molar-refractivity contribution in [3.05, 3.63) is 100 Å². The molecule has 0 aliphatic carbocycles. The molecule has 3 aromatic carbocycles. The highest BCUT2D eigenvalue weighted by Gasteiger charge is 2.19. The fourth-order valence-electron chi connectivity index (χ4n) is 3.01. The first-order chi connectivity index (χ1) is 15.5. The molecular weight excluding hydrogens is 430 g/mol. The molecule has 0 heterocycles. The van der Waals surface area contributed by atoms with Gasteiger partial charge >= 0.3 is 5.97 Å². The largest absolute Gasteiger partial charge is 0.497 e. The highest BCUT2D eigenvalue weighted by molar-refractivity contribution is 6.30. The van der Waals surface area contributed by atoms with Crippen molar-refractivity contribution >= 4 is 29.3 Å². The molecule has 0 radical (unpaired) electrons. The predicted octanol–water partition coefficient (Wildman–Crippen LogP) is 4.10. The number of esters is 1. The molecule has 3 aromatic rings. The first kappa shape index (κ1) is 23.0. The van der Waals surface area contributed by atoms with E-state index in [-0.39, 0.29) is 16.9 Å². The number of rotatable bonds is 9. The third-order valence-corrected chi connectivity index (χ3v) is 4.98. The number of ketones is 1. The molecule has 0 saturated carbocycles. The second-order valence-electron chi connectivity index (χ2n) is 6.91. The molecule has 0 spiro atoms. The topological polar surface area (TPSA) is 81.7 Å². The van der Waals surface area contributed by atoms with Crippen LogP contribution in [0, 0.1) is 0 Å². The van der Waals surface area contributed by atoms with E-state index in [1.807, 2.05) is 24.3 Å². The maximum atomic E-state index is 12.8. The van der Waals surface area contributed by atoms with E-state index in [9.17, 15) is 14.4 Å². The van der Waals surface area contributed by atoms with Crippen LogP contribution in [0.4, 0.5) is 0 Å². The van der Waals surface area contributed by atoms with E-state index in [2.05, 4.69) is 5.32 Å². The van der Waals surface area contributed by atoms with E-state index < -0.39 is 18.5 Å². The number of carbonyl (C=O) groups excluding carboxylic acids is 3. The molecule has 0 atom stereocenters. The van der Waals surface area contributed by atoms with Crippen molar-refractivity contribution in [2.75, 3.05) is 20.3 Å². The molecule has 6 nitrogen and oxygen atoms in total. The summed E-state index contributed by atoms with van der Waals surface area (Å²) in [7, 11) is 1.60. The van der Waals surface area contributed by atoms with Gasteiger partial charge in [-0.3, -0.25) is 9.59 Å². The summed E-state index contributed by atoms with van der Waals surface area (Å²) in [6.45, 7) is -0.0424. The van der Waals surface area contributed by atoms with Crippen LogP contribution >= 0.6 is 11.6 Å². The third kappa shape index (κ3) is 6.18. The van der Waals surface area contributed by atoms with Gasteiger partial charge in [-0.2, -0.15) is 0 Å². The van der Waals surface area contributed by atoms with E-state index in [0.717, 1.165) is 11.3 Å². The van der Waals surface area contributed by atoms with Crippen molar-refractivity contribution in [1.82, 2.24) is 5.32 Å². The molecule has 0 aromatic heterocycles. The fraction of sp³-hybridized carbons (Fsp3) is 0.160. The lowest BCUT2D eigenvalue weighted by molar-refractivity contribution is -0.124. The minimum Gasteiger partial charge on any atom is -0.497 e. The average Bonchev–Trinajstić information content (AvgIpc) is 2.83. The molecule has 0 saturated heterocycles. The smallest absolute Gasteiger partial charge is 0.339 e. The highest BCUT2D eigenvalue weighted by Crippen LogP contribution is 2.18. The van der Waals surface area contributed by atoms with Gasteiger partial charge in [0.05, 0.1) is 12.7 Å². The second-order valence-corrected chi connectivity index (χ2v) is 7.34. The predicted molar refractivity (Wildman–Crippen MR) is 121 cm³/mol. The molecule has 0 unspecified atom stereocenters. The van der Waals surface area contributed by atoms with Crippen LogP contribution in [0.1, 0.15) is 31.8 Å². The second kappa shape index (κ2) is 11.1. The Morgan fingerprint density at radius 2 is 1.53 bits per heavy atom. The SMILES string of the molecule is COc1ccc(CCNC(=O)COC(=O)c2ccccc2C(=O)c2ccc(Cl)cc2)cc1. The molecule has 0 aliphatic heterocycles. The van der Waals surface area contributed by atoms with Gasteiger partial charge in [-0.15, -0.1) is 0 Å². The van der Waals surface area contributed by atoms with Crippen LogP contribution in [-0.2, 0) is 16.0 Å². The number of ether oxygens (including phenoxy) is 2. The van der Waals surface area contributed by atoms with E-state index >= 15 is 0 Å². The van der Waals surface area contributed by atoms with Crippen LogP contribution in [0.5, 0.6) is 5.75 Å². The van der Waals surface area contributed by atoms with Crippen molar-refractivity contribution in [2.45, 2.75) is 6.42 Å². The van der Waals surface area contributed by atoms with Crippen LogP contribution in [-0.4, -0.2) is 37.9 Å². The number of amides is 1. The zero-order valence-corrected chi connectivity index (χ0v) is 18.2. The van der Waals surface area contributed by atoms with Crippen molar-refractivity contribution in [3.63, 3.8) is 0 Å². The van der Waals surface area contributed by atoms with E-state index in [1.165, 1.54) is 6.07 Å². The van der Waals surface area contributed by atoms with Gasteiger partial charge in [0, 0.05) is 22.7 Å². The maximum absolute atomic E-state index is 12.8. The Bertz CT molecular complexity index is 1090. The summed E-state index contributed by atoms with van der Waals surface area (Å²) in [5.74, 6) is -0.737. The van der Waals surface area contributed by atoms with Crippen LogP contribution in [0.25, 0.3) is 0 Å². The lowest BCUT2D eigenvalue weighted by Gasteiger charge is -2.10. The van der Waals surface area contributed by atoms with Gasteiger partial charge in [0.2, 0.25) is 0 Å². The quantitative estimate of drug-likeness (QED) is 0.391. The molecule has 7 heteroatoms. The molecule has 1 amide bonds. The number of benzene rings is 3. The van der Waals surface area contributed by atoms with Crippen molar-refractivity contribution in [2.24, 2.45) is 0 Å². The van der Waals surface area contributed by atoms with Crippen molar-refractivity contribution in [3.8, 4) is 5.75 Å². The first-order valence-corrected chi connectivity index (χ1v) is 10.3. The highest BCUT2D eigenvalue weighted by atomic mass is 35.5. The van der Waals surface area contributed by atoms with E-state index in [0.29, 0.717) is 23.6 Å². The zero-order valence-electron chi connectivity index (χ0n) is 17.5. The minimum atomic E-state index is -0.742. The summed E-state index contributed by atoms with van der Waals surface area (Å²) in [5.41, 5.74) is 1.72. The van der Waals surface area contributed by atoms with Crippen molar-refractivity contribution < 1.29 is 23.9 Å². The van der Waals surface area contributed by atoms with Gasteiger partial charge < -0.3 is 14.8 Å². The Kier molecular flexibility index (Phi) is 8.00. The molecule has 3 rings (SSSR count). The molecule has 0 bridgehead atoms. The summed E-state index contributed by atoms with van der Waals surface area (Å²) in [6, 6.07) is 20.2. The van der Waals surface area contributed by atoms with Gasteiger partial charge in [0.25, 0.3) is 5.91 Å². The fourth-order valence-corrected chi connectivity index (χ4v) is 3.14. The van der Waals surface area contributed by atoms with Crippen LogP contribution in [0.15, 0.2) is 72.8 Å². The molecule has 32 heavy (non-hydrogen) atoms. The molecule has 0 fully saturated rings. The van der Waals surface area contributed by atoms with Gasteiger partial charge in [-0.05, 0) is 54.4 Å². The summed E-state index contributed by atoms with van der Waals surface area (Å²) in [5, 5.41) is 3.21. The van der Waals surface area contributed by atoms with E-state index in [4.69, 9.17) is 21.1 Å². The summed E-state index contributed by atoms with van der Waals surface area (Å²) >= 11 is 5.87. The van der Waals surface area contributed by atoms with Crippen LogP contribution < -0.4 is 10.1 Å². The zero-order chi connectivity index (χ0) is 22.9. The number of hydrogen-bond acceptors (Lipinski definition) is 5. The minimum absolute atomic E-state index is 0.0958. The van der Waals surface area contributed by atoms with Gasteiger partial charge in [-0.25, -0.2) is 4.79 Å². The summed E-state index contributed by atoms with van der Waals surface area (Å²) < 4.78 is 10.2. The Morgan fingerprint density at radius 3 is 2.19 bits per heavy atom. The summed E-state index contributed by atoms with van der Waals surface area (Å²) in [6.07, 6.45) is 0.627. The number of hydrogen-bond donors (Lipinski definition) is 1.